The minimum atomic E-state index is -4.61. The number of nitrogens with zero attached hydrogens (tertiary/aromatic N) is 3. The third kappa shape index (κ3) is 6.30. The molecule has 1 N–H and O–H groups in total. The Kier molecular flexibility index (Phi) is 7.93. The molecule has 0 aliphatic carbocycles. The minimum absolute atomic E-state index is 0.0700. The van der Waals surface area contributed by atoms with E-state index in [0.29, 0.717) is 37.1 Å². The number of hydrogen-bond acceptors (Lipinski definition) is 6. The van der Waals surface area contributed by atoms with Crippen LogP contribution in [0.15, 0.2) is 45.6 Å². The number of halogens is 5. The molecule has 3 heterocycles. The van der Waals surface area contributed by atoms with Crippen molar-refractivity contribution < 1.29 is 35.9 Å². The highest BCUT2D eigenvalue weighted by Crippen LogP contribution is 2.42. The number of hydrogen-bond donors (Lipinski definition) is 1. The summed E-state index contributed by atoms with van der Waals surface area (Å²) >= 11 is 0. The van der Waals surface area contributed by atoms with Crippen LogP contribution < -0.4 is 10.5 Å². The van der Waals surface area contributed by atoms with Gasteiger partial charge in [-0.3, -0.25) is 19.6 Å². The molecule has 1 unspecified atom stereocenters. The van der Waals surface area contributed by atoms with Gasteiger partial charge in [0.05, 0.1) is 18.1 Å². The van der Waals surface area contributed by atoms with Gasteiger partial charge in [0.1, 0.15) is 23.5 Å². The zero-order valence-corrected chi connectivity index (χ0v) is 22.4. The molecule has 0 spiro atoms. The summed E-state index contributed by atoms with van der Waals surface area (Å²) in [5.41, 5.74) is 0.636. The number of likely N-dealkylation sites (N-methyl/N-ethyl adjacent to an activating group) is 1. The van der Waals surface area contributed by atoms with Gasteiger partial charge in [0.2, 0.25) is 5.91 Å². The van der Waals surface area contributed by atoms with Gasteiger partial charge >= 0.3 is 11.9 Å². The molecular formula is C28H29F5N4O4. The second-order valence-electron chi connectivity index (χ2n) is 10.5. The van der Waals surface area contributed by atoms with Crippen LogP contribution in [0.5, 0.6) is 5.75 Å². The van der Waals surface area contributed by atoms with Crippen LogP contribution in [0.2, 0.25) is 0 Å². The van der Waals surface area contributed by atoms with E-state index in [1.165, 1.54) is 23.1 Å². The number of nitrogens with one attached hydrogen (secondary N) is 1. The quantitative estimate of drug-likeness (QED) is 0.336. The second kappa shape index (κ2) is 11.3. The van der Waals surface area contributed by atoms with Gasteiger partial charge < -0.3 is 14.1 Å². The van der Waals surface area contributed by atoms with Crippen molar-refractivity contribution in [1.29, 1.82) is 0 Å². The molecule has 13 heteroatoms. The lowest BCUT2D eigenvalue weighted by Crippen LogP contribution is -2.42. The minimum Gasteiger partial charge on any atom is -0.489 e. The molecule has 0 saturated carbocycles. The molecule has 1 fully saturated rings. The van der Waals surface area contributed by atoms with Crippen LogP contribution in [0.25, 0.3) is 11.1 Å². The number of benzene rings is 2. The van der Waals surface area contributed by atoms with Gasteiger partial charge in [-0.2, -0.15) is 13.2 Å². The largest absolute Gasteiger partial charge is 0.489 e. The first-order valence-corrected chi connectivity index (χ1v) is 13.1. The number of fused-ring (bicyclic) bond motifs is 3. The molecule has 41 heavy (non-hydrogen) atoms. The highest BCUT2D eigenvalue weighted by molar-refractivity contribution is 5.87. The summed E-state index contributed by atoms with van der Waals surface area (Å²) in [6.45, 7) is 0.0956. The number of rotatable bonds is 7. The first-order chi connectivity index (χ1) is 19.4. The predicted molar refractivity (Wildman–Crippen MR) is 140 cm³/mol. The van der Waals surface area contributed by atoms with Crippen LogP contribution in [0, 0.1) is 11.6 Å². The molecule has 220 valence electrons. The topological polar surface area (TPSA) is 82.0 Å². The summed E-state index contributed by atoms with van der Waals surface area (Å²) in [5, 5.41) is 0. The molecule has 8 nitrogen and oxygen atoms in total. The number of oxazole rings is 1. The molecule has 1 aromatic heterocycles. The van der Waals surface area contributed by atoms with Crippen LogP contribution >= 0.6 is 0 Å². The number of ether oxygens (including phenoxy) is 1. The molecule has 1 saturated heterocycles. The molecular weight excluding hydrogens is 551 g/mol. The summed E-state index contributed by atoms with van der Waals surface area (Å²) < 4.78 is 82.8. The lowest BCUT2D eigenvalue weighted by Gasteiger charge is -2.38. The lowest BCUT2D eigenvalue weighted by molar-refractivity contribution is -0.150. The number of likely N-dealkylation sites (tertiary alicyclic amines) is 1. The van der Waals surface area contributed by atoms with E-state index >= 15 is 8.78 Å². The Labute approximate surface area is 232 Å². The lowest BCUT2D eigenvalue weighted by atomic mass is 9.87. The van der Waals surface area contributed by atoms with Crippen molar-refractivity contribution >= 4 is 17.0 Å². The van der Waals surface area contributed by atoms with Crippen LogP contribution in [0.4, 0.5) is 22.0 Å². The molecule has 1 amide bonds. The summed E-state index contributed by atoms with van der Waals surface area (Å²) in [5.74, 6) is -3.02. The summed E-state index contributed by atoms with van der Waals surface area (Å²) in [6.07, 6.45) is -1.08. The fourth-order valence-electron chi connectivity index (χ4n) is 5.51. The van der Waals surface area contributed by atoms with E-state index in [9.17, 15) is 22.8 Å². The van der Waals surface area contributed by atoms with Gasteiger partial charge in [0.15, 0.2) is 5.58 Å². The molecule has 2 aliphatic heterocycles. The smallest absolute Gasteiger partial charge is 0.417 e. The van der Waals surface area contributed by atoms with Gasteiger partial charge in [-0.25, -0.2) is 13.6 Å². The molecule has 2 aromatic carbocycles. The van der Waals surface area contributed by atoms with E-state index in [0.717, 1.165) is 17.0 Å². The summed E-state index contributed by atoms with van der Waals surface area (Å²) in [6, 6.07) is 3.50. The molecule has 0 radical (unpaired) electrons. The van der Waals surface area contributed by atoms with Crippen LogP contribution in [-0.4, -0.2) is 84.7 Å². The Bertz CT molecular complexity index is 1510. The van der Waals surface area contributed by atoms with Gasteiger partial charge in [0.25, 0.3) is 0 Å². The Balaban J connectivity index is 1.39. The van der Waals surface area contributed by atoms with E-state index in [4.69, 9.17) is 9.15 Å². The van der Waals surface area contributed by atoms with Crippen LogP contribution in [0.3, 0.4) is 0 Å². The maximum atomic E-state index is 15.6. The first kappa shape index (κ1) is 28.8. The maximum absolute atomic E-state index is 15.6. The molecule has 5 rings (SSSR count). The second-order valence-corrected chi connectivity index (χ2v) is 10.5. The number of carbonyl (C=O) groups excluding carboxylic acids is 1. The number of aromatic nitrogens is 1. The highest BCUT2D eigenvalue weighted by atomic mass is 19.4. The average Bonchev–Trinajstić information content (AvgIpc) is 3.48. The molecule has 3 aromatic rings. The van der Waals surface area contributed by atoms with Gasteiger partial charge in [-0.05, 0) is 24.5 Å². The summed E-state index contributed by atoms with van der Waals surface area (Å²) in [4.78, 5) is 30.4. The van der Waals surface area contributed by atoms with Crippen LogP contribution in [0.1, 0.15) is 29.2 Å². The van der Waals surface area contributed by atoms with Gasteiger partial charge in [-0.15, -0.1) is 0 Å². The highest BCUT2D eigenvalue weighted by Gasteiger charge is 2.40. The average molecular weight is 581 g/mol. The van der Waals surface area contributed by atoms with Crippen molar-refractivity contribution in [2.45, 2.75) is 31.2 Å². The Morgan fingerprint density at radius 2 is 1.93 bits per heavy atom. The van der Waals surface area contributed by atoms with Gasteiger partial charge in [-0.1, -0.05) is 12.1 Å². The normalized spacial score (nSPS) is 20.2. The van der Waals surface area contributed by atoms with Crippen molar-refractivity contribution in [2.75, 3.05) is 46.8 Å². The number of alkyl halides is 3. The Hall–Kier alpha value is -3.71. The third-order valence-electron chi connectivity index (χ3n) is 7.34. The Morgan fingerprint density at radius 1 is 1.20 bits per heavy atom. The zero-order chi connectivity index (χ0) is 29.5. The fraction of sp³-hybridized carbons (Fsp3) is 0.429. The third-order valence-corrected chi connectivity index (χ3v) is 7.34. The molecule has 2 aliphatic rings. The van der Waals surface area contributed by atoms with Crippen molar-refractivity contribution in [3.63, 3.8) is 0 Å². The predicted octanol–water partition coefficient (Wildman–Crippen LogP) is 4.01. The monoisotopic (exact) mass is 580 g/mol. The van der Waals surface area contributed by atoms with E-state index in [-0.39, 0.29) is 41.9 Å². The number of amides is 1. The van der Waals surface area contributed by atoms with E-state index in [2.05, 4.69) is 4.98 Å². The maximum Gasteiger partial charge on any atom is 0.417 e. The van der Waals surface area contributed by atoms with Crippen molar-refractivity contribution in [3.05, 3.63) is 75.3 Å². The van der Waals surface area contributed by atoms with E-state index in [1.54, 1.807) is 20.2 Å². The van der Waals surface area contributed by atoms with Crippen LogP contribution in [-0.2, 0) is 11.2 Å². The molecule has 0 bridgehead atoms. The van der Waals surface area contributed by atoms with Crippen molar-refractivity contribution in [2.24, 2.45) is 0 Å². The zero-order valence-electron chi connectivity index (χ0n) is 22.4. The number of H-pyrrole nitrogens is 1. The van der Waals surface area contributed by atoms with Crippen molar-refractivity contribution in [3.8, 4) is 5.75 Å². The van der Waals surface area contributed by atoms with E-state index in [1.807, 2.05) is 4.90 Å². The standard InChI is InChI=1S/C28H29F5N4O4/c1-35(2)23(38)4-3-9-36-10-7-16(14-36)40-17-12-20(29)24(21(30)13-17)25-18-5-6-22-26(41-27(39)34-22)19(18)8-11-37(25)15-28(31,32)33/h3-6,12-13,16,25H,7-11,14-15H2,1-2H3,(H,34,39)/b4-3+/t16-,25?/m1/s1. The van der Waals surface area contributed by atoms with E-state index < -0.39 is 41.7 Å². The number of carbonyl (C=O) groups is 1. The molecule has 2 atom stereocenters. The fourth-order valence-corrected chi connectivity index (χ4v) is 5.51. The van der Waals surface area contributed by atoms with Crippen molar-refractivity contribution in [1.82, 2.24) is 19.7 Å². The summed E-state index contributed by atoms with van der Waals surface area (Å²) in [7, 11) is 3.30. The van der Waals surface area contributed by atoms with Gasteiger partial charge in [0, 0.05) is 69.6 Å². The number of aromatic amines is 1. The Morgan fingerprint density at radius 3 is 2.61 bits per heavy atom. The first-order valence-electron chi connectivity index (χ1n) is 13.1. The SMILES string of the molecule is CN(C)C(=O)/C=C/CN1CC[C@@H](Oc2cc(F)c(C3c4ccc5[nH]c(=O)oc5c4CCN3CC(F)(F)F)c(F)c2)C1.